The van der Waals surface area contributed by atoms with Gasteiger partial charge in [-0.05, 0) is 43.4 Å². The van der Waals surface area contributed by atoms with Gasteiger partial charge < -0.3 is 0 Å². The minimum atomic E-state index is 0.557. The van der Waals surface area contributed by atoms with E-state index in [1.165, 1.54) is 83.5 Å². The molecule has 126 valence electrons. The highest BCUT2D eigenvalue weighted by atomic mass is 15.2. The van der Waals surface area contributed by atoms with Gasteiger partial charge in [0.2, 0.25) is 0 Å². The van der Waals surface area contributed by atoms with Gasteiger partial charge in [-0.1, -0.05) is 72.1 Å². The fourth-order valence-electron chi connectivity index (χ4n) is 3.78. The van der Waals surface area contributed by atoms with Crippen molar-refractivity contribution in [1.29, 1.82) is 0 Å². The predicted molar refractivity (Wildman–Crippen MR) is 94.1 cm³/mol. The number of hydrogen-bond donors (Lipinski definition) is 2. The fourth-order valence-corrected chi connectivity index (χ4v) is 3.78. The van der Waals surface area contributed by atoms with E-state index in [0.29, 0.717) is 11.5 Å². The van der Waals surface area contributed by atoms with Gasteiger partial charge >= 0.3 is 0 Å². The van der Waals surface area contributed by atoms with E-state index in [1.807, 2.05) is 0 Å². The van der Waals surface area contributed by atoms with Crippen LogP contribution >= 0.6 is 0 Å². The normalized spacial score (nSPS) is 20.6. The van der Waals surface area contributed by atoms with E-state index in [1.54, 1.807) is 0 Å². The Morgan fingerprint density at radius 1 is 0.952 bits per heavy atom. The first kappa shape index (κ1) is 19.0. The Morgan fingerprint density at radius 3 is 2.00 bits per heavy atom. The molecule has 0 aromatic carbocycles. The van der Waals surface area contributed by atoms with E-state index in [-0.39, 0.29) is 0 Å². The van der Waals surface area contributed by atoms with Crippen molar-refractivity contribution < 1.29 is 0 Å². The summed E-state index contributed by atoms with van der Waals surface area (Å²) in [5.74, 6) is 6.63. The topological polar surface area (TPSA) is 38.0 Å². The molecule has 1 aliphatic rings. The van der Waals surface area contributed by atoms with Crippen molar-refractivity contribution in [3.05, 3.63) is 0 Å². The highest BCUT2D eigenvalue weighted by molar-refractivity contribution is 4.84. The van der Waals surface area contributed by atoms with Gasteiger partial charge in [0.05, 0.1) is 0 Å². The lowest BCUT2D eigenvalue weighted by Gasteiger charge is -2.37. The molecule has 21 heavy (non-hydrogen) atoms. The average Bonchev–Trinajstić information content (AvgIpc) is 2.46. The second kappa shape index (κ2) is 10.6. The van der Waals surface area contributed by atoms with Crippen LogP contribution in [0, 0.1) is 11.3 Å². The summed E-state index contributed by atoms with van der Waals surface area (Å²) in [5, 5.41) is 0. The van der Waals surface area contributed by atoms with Gasteiger partial charge in [-0.3, -0.25) is 11.3 Å². The van der Waals surface area contributed by atoms with E-state index < -0.39 is 0 Å². The lowest BCUT2D eigenvalue weighted by molar-refractivity contribution is 0.156. The summed E-state index contributed by atoms with van der Waals surface area (Å²) in [5.41, 5.74) is 3.68. The van der Waals surface area contributed by atoms with Gasteiger partial charge in [-0.2, -0.15) is 0 Å². The summed E-state index contributed by atoms with van der Waals surface area (Å²) in [7, 11) is 0. The molecular formula is C19H40N2. The van der Waals surface area contributed by atoms with Crippen LogP contribution < -0.4 is 11.3 Å². The first-order valence-corrected chi connectivity index (χ1v) is 9.55. The van der Waals surface area contributed by atoms with Gasteiger partial charge in [-0.25, -0.2) is 0 Å². The van der Waals surface area contributed by atoms with E-state index in [9.17, 15) is 0 Å². The number of unbranched alkanes of at least 4 members (excludes halogenated alkanes) is 7. The van der Waals surface area contributed by atoms with Crippen LogP contribution in [0.5, 0.6) is 0 Å². The molecule has 0 aromatic rings. The lowest BCUT2D eigenvalue weighted by atomic mass is 9.70. The molecule has 1 saturated carbocycles. The molecule has 0 radical (unpaired) electrons. The second-order valence-corrected chi connectivity index (χ2v) is 8.04. The van der Waals surface area contributed by atoms with Crippen LogP contribution in [0.2, 0.25) is 0 Å². The Bertz CT molecular complexity index is 240. The van der Waals surface area contributed by atoms with Crippen LogP contribution in [0.4, 0.5) is 0 Å². The Balaban J connectivity index is 2.06. The minimum Gasteiger partial charge on any atom is -0.271 e. The van der Waals surface area contributed by atoms with Crippen molar-refractivity contribution in [2.45, 2.75) is 110 Å². The maximum absolute atomic E-state index is 5.82. The first-order chi connectivity index (χ1) is 10.1. The first-order valence-electron chi connectivity index (χ1n) is 9.55. The molecule has 0 amide bonds. The molecule has 1 rings (SSSR count). The molecule has 3 N–H and O–H groups in total. The van der Waals surface area contributed by atoms with E-state index in [4.69, 9.17) is 5.84 Å². The zero-order valence-electron chi connectivity index (χ0n) is 14.9. The van der Waals surface area contributed by atoms with Gasteiger partial charge in [-0.15, -0.1) is 0 Å². The monoisotopic (exact) mass is 296 g/mol. The van der Waals surface area contributed by atoms with E-state index in [2.05, 4.69) is 26.2 Å². The van der Waals surface area contributed by atoms with Crippen LogP contribution in [0.15, 0.2) is 0 Å². The Morgan fingerprint density at radius 2 is 1.48 bits per heavy atom. The molecule has 2 heteroatoms. The third-order valence-corrected chi connectivity index (χ3v) is 5.54. The van der Waals surface area contributed by atoms with Gasteiger partial charge in [0.1, 0.15) is 0 Å². The van der Waals surface area contributed by atoms with Crippen LogP contribution in [0.3, 0.4) is 0 Å². The summed E-state index contributed by atoms with van der Waals surface area (Å²) < 4.78 is 0. The van der Waals surface area contributed by atoms with Crippen molar-refractivity contribution in [1.82, 2.24) is 5.43 Å². The Kier molecular flexibility index (Phi) is 9.59. The molecule has 0 spiro atoms. The number of nitrogens with two attached hydrogens (primary N) is 1. The smallest absolute Gasteiger partial charge is 0.0238 e. The number of rotatable bonds is 11. The molecule has 0 heterocycles. The van der Waals surface area contributed by atoms with Crippen LogP contribution in [-0.2, 0) is 0 Å². The van der Waals surface area contributed by atoms with Crippen LogP contribution in [-0.4, -0.2) is 6.04 Å². The zero-order valence-corrected chi connectivity index (χ0v) is 14.9. The highest BCUT2D eigenvalue weighted by Crippen LogP contribution is 2.39. The summed E-state index contributed by atoms with van der Waals surface area (Å²) in [4.78, 5) is 0. The van der Waals surface area contributed by atoms with Crippen LogP contribution in [0.1, 0.15) is 104 Å². The van der Waals surface area contributed by atoms with Crippen molar-refractivity contribution in [2.75, 3.05) is 0 Å². The van der Waals surface area contributed by atoms with Crippen molar-refractivity contribution in [3.8, 4) is 0 Å². The maximum Gasteiger partial charge on any atom is 0.0238 e. The quantitative estimate of drug-likeness (QED) is 0.297. The van der Waals surface area contributed by atoms with E-state index >= 15 is 0 Å². The summed E-state index contributed by atoms with van der Waals surface area (Å²) in [6.07, 6.45) is 17.9. The third-order valence-electron chi connectivity index (χ3n) is 5.54. The van der Waals surface area contributed by atoms with Gasteiger partial charge in [0.25, 0.3) is 0 Å². The van der Waals surface area contributed by atoms with Crippen molar-refractivity contribution in [3.63, 3.8) is 0 Å². The van der Waals surface area contributed by atoms with E-state index in [0.717, 1.165) is 5.92 Å². The maximum atomic E-state index is 5.82. The molecule has 1 aliphatic carbocycles. The Labute approximate surface area is 133 Å². The second-order valence-electron chi connectivity index (χ2n) is 8.04. The standard InChI is InChI=1S/C19H40N2/c1-4-5-6-7-8-9-10-11-12-18(21-20)17-13-15-19(2,3)16-14-17/h17-18,21H,4-16,20H2,1-3H3. The van der Waals surface area contributed by atoms with Crippen molar-refractivity contribution >= 4 is 0 Å². The fraction of sp³-hybridized carbons (Fsp3) is 1.00. The summed E-state index contributed by atoms with van der Waals surface area (Å²) in [6.45, 7) is 7.10. The van der Waals surface area contributed by atoms with Gasteiger partial charge in [0, 0.05) is 6.04 Å². The van der Waals surface area contributed by atoms with Crippen LogP contribution in [0.25, 0.3) is 0 Å². The summed E-state index contributed by atoms with van der Waals surface area (Å²) in [6, 6.07) is 0.557. The average molecular weight is 297 g/mol. The molecule has 0 aliphatic heterocycles. The van der Waals surface area contributed by atoms with Gasteiger partial charge in [0.15, 0.2) is 0 Å². The third kappa shape index (κ3) is 8.21. The SMILES string of the molecule is CCCCCCCCCCC(NN)C1CCC(C)(C)CC1. The van der Waals surface area contributed by atoms with Crippen molar-refractivity contribution in [2.24, 2.45) is 17.2 Å². The highest BCUT2D eigenvalue weighted by Gasteiger charge is 2.30. The molecule has 1 atom stereocenters. The Hall–Kier alpha value is -0.0800. The molecule has 2 nitrogen and oxygen atoms in total. The lowest BCUT2D eigenvalue weighted by Crippen LogP contribution is -2.43. The molecule has 1 unspecified atom stereocenters. The zero-order chi connectivity index (χ0) is 15.6. The number of hydrazine groups is 1. The molecule has 0 saturated heterocycles. The molecule has 0 bridgehead atoms. The number of nitrogens with one attached hydrogen (secondary N) is 1. The molecule has 0 aromatic heterocycles. The minimum absolute atomic E-state index is 0.557. The molecule has 1 fully saturated rings. The summed E-state index contributed by atoms with van der Waals surface area (Å²) >= 11 is 0. The number of hydrogen-bond acceptors (Lipinski definition) is 2. The largest absolute Gasteiger partial charge is 0.271 e. The predicted octanol–water partition coefficient (Wildman–Crippen LogP) is 5.57. The molecular weight excluding hydrogens is 256 g/mol.